The molecule has 3 rings (SSSR count). The first-order chi connectivity index (χ1) is 10.6. The van der Waals surface area contributed by atoms with Gasteiger partial charge in [-0.3, -0.25) is 9.53 Å². The Hall–Kier alpha value is -0.700. The molecule has 0 unspecified atom stereocenters. The van der Waals surface area contributed by atoms with Gasteiger partial charge in [-0.2, -0.15) is 0 Å². The summed E-state index contributed by atoms with van der Waals surface area (Å²) in [5.74, 6) is -0.465. The average Bonchev–Trinajstić information content (AvgIpc) is 3.32. The Morgan fingerprint density at radius 2 is 2.04 bits per heavy atom. The SMILES string of the molecule is CO[C@@H]1C(=O)[C@@H](C)C[C@]2(CO2)[C@H]1[C@]1(C)O[C@@H]1CCOC(F)(F)F. The summed E-state index contributed by atoms with van der Waals surface area (Å²) >= 11 is 0. The maximum absolute atomic E-state index is 12.4. The van der Waals surface area contributed by atoms with E-state index in [1.54, 1.807) is 0 Å². The predicted octanol–water partition coefficient (Wildman–Crippen LogP) is 2.08. The number of alkyl halides is 3. The van der Waals surface area contributed by atoms with E-state index in [1.165, 1.54) is 7.11 Å². The Balaban J connectivity index is 1.69. The van der Waals surface area contributed by atoms with Crippen molar-refractivity contribution in [3.63, 3.8) is 0 Å². The molecule has 0 N–H and O–H groups in total. The van der Waals surface area contributed by atoms with Crippen molar-refractivity contribution in [3.8, 4) is 0 Å². The van der Waals surface area contributed by atoms with Gasteiger partial charge in [0.2, 0.25) is 0 Å². The minimum atomic E-state index is -4.64. The van der Waals surface area contributed by atoms with E-state index in [4.69, 9.17) is 14.2 Å². The number of ether oxygens (including phenoxy) is 4. The summed E-state index contributed by atoms with van der Waals surface area (Å²) in [6, 6.07) is 0. The summed E-state index contributed by atoms with van der Waals surface area (Å²) in [5, 5.41) is 0. The van der Waals surface area contributed by atoms with Gasteiger partial charge in [-0.25, -0.2) is 0 Å². The fourth-order valence-corrected chi connectivity index (χ4v) is 4.10. The first kappa shape index (κ1) is 17.1. The zero-order chi connectivity index (χ0) is 17.0. The van der Waals surface area contributed by atoms with Crippen molar-refractivity contribution >= 4 is 5.78 Å². The highest BCUT2D eigenvalue weighted by Gasteiger charge is 2.72. The molecule has 2 saturated heterocycles. The first-order valence-corrected chi connectivity index (χ1v) is 7.72. The molecule has 0 aromatic heterocycles. The molecule has 1 aliphatic carbocycles. The summed E-state index contributed by atoms with van der Waals surface area (Å²) in [4.78, 5) is 12.4. The monoisotopic (exact) mass is 338 g/mol. The highest BCUT2D eigenvalue weighted by atomic mass is 19.4. The second-order valence-electron chi connectivity index (χ2n) is 6.87. The van der Waals surface area contributed by atoms with Gasteiger partial charge in [0.15, 0.2) is 5.78 Å². The zero-order valence-corrected chi connectivity index (χ0v) is 13.3. The molecule has 0 radical (unpaired) electrons. The molecule has 1 spiro atoms. The van der Waals surface area contributed by atoms with Crippen molar-refractivity contribution in [3.05, 3.63) is 0 Å². The molecule has 2 aliphatic heterocycles. The number of rotatable bonds is 5. The van der Waals surface area contributed by atoms with Crippen LogP contribution in [0.1, 0.15) is 26.7 Å². The number of hydrogen-bond donors (Lipinski definition) is 0. The van der Waals surface area contributed by atoms with Gasteiger partial charge in [0.1, 0.15) is 17.3 Å². The maximum Gasteiger partial charge on any atom is 0.522 e. The third kappa shape index (κ3) is 3.01. The van der Waals surface area contributed by atoms with Gasteiger partial charge in [-0.15, -0.1) is 13.2 Å². The van der Waals surface area contributed by atoms with Crippen LogP contribution >= 0.6 is 0 Å². The standard InChI is InChI=1S/C15H21F3O5/c1-8-6-14(7-22-14)12(11(20-3)10(8)19)13(2)9(23-13)4-5-21-15(16,17)18/h8-9,11-12H,4-7H2,1-3H3/t8-,9+,11+,12+,13+,14-/m0/s1. The quantitative estimate of drug-likeness (QED) is 0.718. The van der Waals surface area contributed by atoms with Crippen LogP contribution in [0.3, 0.4) is 0 Å². The third-order valence-corrected chi connectivity index (χ3v) is 5.30. The normalized spacial score (nSPS) is 46.3. The van der Waals surface area contributed by atoms with Crippen LogP contribution in [0.5, 0.6) is 0 Å². The summed E-state index contributed by atoms with van der Waals surface area (Å²) in [6.45, 7) is 3.72. The van der Waals surface area contributed by atoms with E-state index in [1.807, 2.05) is 13.8 Å². The number of Topliss-reactive ketones (excluding diaryl/α,β-unsaturated/α-hetero) is 1. The zero-order valence-electron chi connectivity index (χ0n) is 13.3. The lowest BCUT2D eigenvalue weighted by Gasteiger charge is -2.40. The Kier molecular flexibility index (Phi) is 4.03. The lowest BCUT2D eigenvalue weighted by Crippen LogP contribution is -2.55. The second-order valence-corrected chi connectivity index (χ2v) is 6.87. The minimum absolute atomic E-state index is 0.000594. The lowest BCUT2D eigenvalue weighted by molar-refractivity contribution is -0.324. The molecule has 8 heteroatoms. The number of halogens is 3. The van der Waals surface area contributed by atoms with Crippen LogP contribution in [-0.4, -0.2) is 55.9 Å². The molecule has 0 bridgehead atoms. The van der Waals surface area contributed by atoms with Gasteiger partial charge in [0.05, 0.1) is 25.2 Å². The van der Waals surface area contributed by atoms with E-state index >= 15 is 0 Å². The molecule has 1 saturated carbocycles. The van der Waals surface area contributed by atoms with Crippen LogP contribution < -0.4 is 0 Å². The van der Waals surface area contributed by atoms with E-state index in [2.05, 4.69) is 4.74 Å². The van der Waals surface area contributed by atoms with Gasteiger partial charge in [0, 0.05) is 19.4 Å². The predicted molar refractivity (Wildman–Crippen MR) is 71.7 cm³/mol. The van der Waals surface area contributed by atoms with Crippen LogP contribution in [0.2, 0.25) is 0 Å². The van der Waals surface area contributed by atoms with Crippen LogP contribution in [0.4, 0.5) is 13.2 Å². The van der Waals surface area contributed by atoms with Gasteiger partial charge < -0.3 is 14.2 Å². The molecule has 132 valence electrons. The number of epoxide rings is 2. The van der Waals surface area contributed by atoms with Crippen molar-refractivity contribution in [2.24, 2.45) is 11.8 Å². The third-order valence-electron chi connectivity index (χ3n) is 5.30. The van der Waals surface area contributed by atoms with Crippen molar-refractivity contribution in [2.75, 3.05) is 20.3 Å². The molecule has 0 amide bonds. The summed E-state index contributed by atoms with van der Waals surface area (Å²) in [5.41, 5.74) is -1.18. The van der Waals surface area contributed by atoms with Gasteiger partial charge in [-0.05, 0) is 13.3 Å². The molecule has 0 aromatic carbocycles. The summed E-state index contributed by atoms with van der Waals surface area (Å²) in [6.07, 6.45) is -4.98. The smallest absolute Gasteiger partial charge is 0.373 e. The molecule has 3 fully saturated rings. The van der Waals surface area contributed by atoms with Crippen molar-refractivity contribution in [1.29, 1.82) is 0 Å². The van der Waals surface area contributed by atoms with E-state index < -0.39 is 36.4 Å². The molecule has 0 aromatic rings. The van der Waals surface area contributed by atoms with Crippen molar-refractivity contribution in [2.45, 2.75) is 56.5 Å². The van der Waals surface area contributed by atoms with Gasteiger partial charge >= 0.3 is 6.36 Å². The van der Waals surface area contributed by atoms with Crippen LogP contribution in [-0.2, 0) is 23.7 Å². The minimum Gasteiger partial charge on any atom is -0.373 e. The fraction of sp³-hybridized carbons (Fsp3) is 0.933. The highest BCUT2D eigenvalue weighted by Crippen LogP contribution is 2.59. The Bertz CT molecular complexity index is 490. The summed E-state index contributed by atoms with van der Waals surface area (Å²) < 4.78 is 56.8. The number of methoxy groups -OCH3 is 1. The Morgan fingerprint density at radius 1 is 1.39 bits per heavy atom. The molecule has 5 nitrogen and oxygen atoms in total. The molecular weight excluding hydrogens is 317 g/mol. The van der Waals surface area contributed by atoms with Crippen molar-refractivity contribution in [1.82, 2.24) is 0 Å². The van der Waals surface area contributed by atoms with Crippen LogP contribution in [0.25, 0.3) is 0 Å². The van der Waals surface area contributed by atoms with Gasteiger partial charge in [0.25, 0.3) is 0 Å². The van der Waals surface area contributed by atoms with Crippen LogP contribution in [0, 0.1) is 11.8 Å². The number of carbonyl (C=O) groups excluding carboxylic acids is 1. The summed E-state index contributed by atoms with van der Waals surface area (Å²) in [7, 11) is 1.47. The second kappa shape index (κ2) is 5.40. The Labute approximate surface area is 132 Å². The van der Waals surface area contributed by atoms with Gasteiger partial charge in [-0.1, -0.05) is 6.92 Å². The number of hydrogen-bond acceptors (Lipinski definition) is 5. The van der Waals surface area contributed by atoms with Crippen LogP contribution in [0.15, 0.2) is 0 Å². The molecule has 6 atom stereocenters. The lowest BCUT2D eigenvalue weighted by atomic mass is 9.66. The maximum atomic E-state index is 12.4. The van der Waals surface area contributed by atoms with E-state index in [0.29, 0.717) is 13.0 Å². The molecule has 2 heterocycles. The van der Waals surface area contributed by atoms with E-state index in [9.17, 15) is 18.0 Å². The molecule has 23 heavy (non-hydrogen) atoms. The fourth-order valence-electron chi connectivity index (χ4n) is 4.10. The van der Waals surface area contributed by atoms with E-state index in [0.717, 1.165) is 0 Å². The Morgan fingerprint density at radius 3 is 2.57 bits per heavy atom. The van der Waals surface area contributed by atoms with E-state index in [-0.39, 0.29) is 24.0 Å². The highest BCUT2D eigenvalue weighted by molar-refractivity contribution is 5.87. The number of ketones is 1. The first-order valence-electron chi connectivity index (χ1n) is 7.72. The average molecular weight is 338 g/mol. The number of carbonyl (C=O) groups is 1. The topological polar surface area (TPSA) is 60.6 Å². The van der Waals surface area contributed by atoms with Crippen molar-refractivity contribution < 1.29 is 36.9 Å². The molecule has 3 aliphatic rings. The largest absolute Gasteiger partial charge is 0.522 e. The molecular formula is C15H21F3O5.